The summed E-state index contributed by atoms with van der Waals surface area (Å²) in [6.07, 6.45) is 5.12. The van der Waals surface area contributed by atoms with Gasteiger partial charge in [-0.15, -0.1) is 0 Å². The molecule has 1 aliphatic carbocycles. The molecule has 28 heavy (non-hydrogen) atoms. The molecule has 1 saturated heterocycles. The van der Waals surface area contributed by atoms with Gasteiger partial charge >= 0.3 is 0 Å². The normalized spacial score (nSPS) is 19.6. The third kappa shape index (κ3) is 3.86. The van der Waals surface area contributed by atoms with E-state index in [-0.39, 0.29) is 23.3 Å². The Morgan fingerprint density at radius 3 is 2.64 bits per heavy atom. The zero-order valence-electron chi connectivity index (χ0n) is 15.8. The van der Waals surface area contributed by atoms with Crippen molar-refractivity contribution in [2.45, 2.75) is 44.6 Å². The van der Waals surface area contributed by atoms with Crippen LogP contribution in [-0.4, -0.2) is 23.5 Å². The van der Waals surface area contributed by atoms with Crippen molar-refractivity contribution in [1.29, 1.82) is 0 Å². The van der Waals surface area contributed by atoms with Gasteiger partial charge in [0.2, 0.25) is 5.91 Å². The van der Waals surface area contributed by atoms with E-state index in [0.717, 1.165) is 18.4 Å². The van der Waals surface area contributed by atoms with E-state index in [9.17, 15) is 14.0 Å². The Hall–Kier alpha value is -2.89. The molecule has 6 heteroatoms. The molecule has 1 aromatic carbocycles. The maximum atomic E-state index is 14.5. The average molecular weight is 382 g/mol. The van der Waals surface area contributed by atoms with Gasteiger partial charge in [-0.1, -0.05) is 18.2 Å². The fraction of sp³-hybridized carbons (Fsp3) is 0.364. The predicted octanol–water partition coefficient (Wildman–Crippen LogP) is 3.50. The molecule has 2 aliphatic rings. The number of hydrogen-bond acceptors (Lipinski definition) is 3. The Balaban J connectivity index is 1.75. The Morgan fingerprint density at radius 2 is 2.04 bits per heavy atom. The van der Waals surface area contributed by atoms with Crippen molar-refractivity contribution < 1.29 is 13.9 Å². The van der Waals surface area contributed by atoms with E-state index in [2.05, 4.69) is 10.3 Å². The molecule has 4 rings (SSSR count). The van der Waals surface area contributed by atoms with Crippen LogP contribution < -0.4 is 15.6 Å². The van der Waals surface area contributed by atoms with Crippen LogP contribution in [0, 0.1) is 5.82 Å². The molecule has 0 spiro atoms. The monoisotopic (exact) mass is 382 g/mol. The highest BCUT2D eigenvalue weighted by Gasteiger charge is 2.27. The van der Waals surface area contributed by atoms with E-state index in [0.29, 0.717) is 42.2 Å². The molecule has 0 radical (unpaired) electrons. The third-order valence-corrected chi connectivity index (χ3v) is 5.19. The number of pyridine rings is 1. The van der Waals surface area contributed by atoms with Gasteiger partial charge in [0.05, 0.1) is 6.61 Å². The number of aromatic amines is 1. The largest absolute Gasteiger partial charge is 0.491 e. The lowest BCUT2D eigenvalue weighted by Crippen LogP contribution is -2.23. The topological polar surface area (TPSA) is 71.2 Å². The molecule has 2 aromatic rings. The Labute approximate surface area is 162 Å². The molecule has 0 unspecified atom stereocenters. The van der Waals surface area contributed by atoms with Gasteiger partial charge < -0.3 is 15.0 Å². The van der Waals surface area contributed by atoms with E-state index in [1.165, 1.54) is 6.07 Å². The van der Waals surface area contributed by atoms with Crippen LogP contribution >= 0.6 is 0 Å². The summed E-state index contributed by atoms with van der Waals surface area (Å²) in [5.74, 6) is 0.0771. The van der Waals surface area contributed by atoms with Crippen molar-refractivity contribution in [3.05, 3.63) is 69.4 Å². The summed E-state index contributed by atoms with van der Waals surface area (Å²) in [6.45, 7) is 2.18. The maximum absolute atomic E-state index is 14.5. The molecule has 1 saturated carbocycles. The lowest BCUT2D eigenvalue weighted by atomic mass is 9.98. The summed E-state index contributed by atoms with van der Waals surface area (Å²) in [4.78, 5) is 27.0. The first-order valence-corrected chi connectivity index (χ1v) is 9.72. The third-order valence-electron chi connectivity index (χ3n) is 5.19. The summed E-state index contributed by atoms with van der Waals surface area (Å²) in [7, 11) is 0. The highest BCUT2D eigenvalue weighted by atomic mass is 19.1. The molecule has 1 atom stereocenters. The van der Waals surface area contributed by atoms with E-state index in [1.54, 1.807) is 19.1 Å². The second kappa shape index (κ2) is 7.62. The van der Waals surface area contributed by atoms with Crippen LogP contribution in [0.4, 0.5) is 4.39 Å². The van der Waals surface area contributed by atoms with Crippen molar-refractivity contribution in [2.24, 2.45) is 0 Å². The fourth-order valence-corrected chi connectivity index (χ4v) is 3.60. The first kappa shape index (κ1) is 18.5. The van der Waals surface area contributed by atoms with Gasteiger partial charge in [0.15, 0.2) is 11.6 Å². The summed E-state index contributed by atoms with van der Waals surface area (Å²) >= 11 is 0. The number of halogens is 1. The van der Waals surface area contributed by atoms with E-state index >= 15 is 0 Å². The summed E-state index contributed by atoms with van der Waals surface area (Å²) in [6, 6.07) is 8.34. The van der Waals surface area contributed by atoms with Gasteiger partial charge in [0.25, 0.3) is 5.56 Å². The number of carbonyl (C=O) groups is 1. The van der Waals surface area contributed by atoms with Gasteiger partial charge in [-0.2, -0.15) is 0 Å². The van der Waals surface area contributed by atoms with Crippen molar-refractivity contribution in [3.63, 3.8) is 0 Å². The molecular weight excluding hydrogens is 359 g/mol. The molecule has 5 nitrogen and oxygen atoms in total. The van der Waals surface area contributed by atoms with Crippen LogP contribution in [0.1, 0.15) is 55.3 Å². The average Bonchev–Trinajstić information content (AvgIpc) is 3.43. The van der Waals surface area contributed by atoms with Crippen molar-refractivity contribution in [1.82, 2.24) is 10.3 Å². The minimum Gasteiger partial charge on any atom is -0.491 e. The highest BCUT2D eigenvalue weighted by molar-refractivity contribution is 5.82. The first-order valence-electron chi connectivity index (χ1n) is 9.72. The minimum atomic E-state index is -0.461. The van der Waals surface area contributed by atoms with Crippen molar-refractivity contribution >= 4 is 11.5 Å². The number of rotatable bonds is 6. The van der Waals surface area contributed by atoms with Crippen LogP contribution in [0.3, 0.4) is 0 Å². The summed E-state index contributed by atoms with van der Waals surface area (Å²) in [5, 5.41) is 2.90. The number of aromatic nitrogens is 1. The zero-order chi connectivity index (χ0) is 19.7. The summed E-state index contributed by atoms with van der Waals surface area (Å²) in [5.41, 5.74) is 2.62. The quantitative estimate of drug-likeness (QED) is 0.803. The van der Waals surface area contributed by atoms with E-state index in [4.69, 9.17) is 4.74 Å². The van der Waals surface area contributed by atoms with Gasteiger partial charge in [-0.25, -0.2) is 4.39 Å². The molecule has 146 valence electrons. The Bertz CT molecular complexity index is 992. The lowest BCUT2D eigenvalue weighted by molar-refractivity contribution is -0.119. The number of amides is 1. The van der Waals surface area contributed by atoms with Crippen LogP contribution in [0.25, 0.3) is 5.57 Å². The number of H-pyrrole nitrogens is 1. The molecule has 2 heterocycles. The summed E-state index contributed by atoms with van der Waals surface area (Å²) < 4.78 is 19.7. The van der Waals surface area contributed by atoms with E-state index < -0.39 is 5.82 Å². The van der Waals surface area contributed by atoms with Gasteiger partial charge in [-0.3, -0.25) is 9.59 Å². The van der Waals surface area contributed by atoms with Crippen molar-refractivity contribution in [3.8, 4) is 5.75 Å². The minimum absolute atomic E-state index is 0.00366. The second-order valence-electron chi connectivity index (χ2n) is 7.30. The molecular formula is C22H23FN2O3. The predicted molar refractivity (Wildman–Crippen MR) is 105 cm³/mol. The fourth-order valence-electron chi connectivity index (χ4n) is 3.60. The maximum Gasteiger partial charge on any atom is 0.251 e. The number of benzene rings is 1. The molecule has 1 aliphatic heterocycles. The smallest absolute Gasteiger partial charge is 0.251 e. The van der Waals surface area contributed by atoms with E-state index in [1.807, 2.05) is 18.2 Å². The highest BCUT2D eigenvalue weighted by Crippen LogP contribution is 2.38. The standard InChI is InChI=1S/C22H23FN2O3/c1-2-28-20-9-5-14(11-18(20)23)17(12-15-6-10-21(26)24-15)19-8-7-16(13-3-4-13)22(27)25-19/h5,7-9,11-13,15H,2-4,6,10H2,1H3,(H,24,26)(H,25,27)/t15-/m1/s1. The Morgan fingerprint density at radius 1 is 1.21 bits per heavy atom. The van der Waals surface area contributed by atoms with Gasteiger partial charge in [0.1, 0.15) is 0 Å². The number of hydrogen-bond donors (Lipinski definition) is 2. The number of carbonyl (C=O) groups excluding carboxylic acids is 1. The van der Waals surface area contributed by atoms with Gasteiger partial charge in [-0.05, 0) is 55.9 Å². The second-order valence-corrected chi connectivity index (χ2v) is 7.30. The van der Waals surface area contributed by atoms with Gasteiger partial charge in [0, 0.05) is 29.3 Å². The van der Waals surface area contributed by atoms with Crippen LogP contribution in [0.2, 0.25) is 0 Å². The van der Waals surface area contributed by atoms with Crippen molar-refractivity contribution in [2.75, 3.05) is 6.61 Å². The molecule has 1 aromatic heterocycles. The van der Waals surface area contributed by atoms with Crippen LogP contribution in [0.15, 0.2) is 41.2 Å². The SMILES string of the molecule is CCOc1ccc(C(=C[C@H]2CCC(=O)N2)c2ccc(C3CC3)c(=O)[nH]2)cc1F. The molecule has 2 N–H and O–H groups in total. The Kier molecular flexibility index (Phi) is 5.03. The molecule has 1 amide bonds. The molecule has 0 bridgehead atoms. The van der Waals surface area contributed by atoms with Crippen LogP contribution in [-0.2, 0) is 4.79 Å². The number of nitrogens with one attached hydrogen (secondary N) is 2. The molecule has 2 fully saturated rings. The first-order chi connectivity index (χ1) is 13.5. The number of ether oxygens (including phenoxy) is 1. The zero-order valence-corrected chi connectivity index (χ0v) is 15.8. The van der Waals surface area contributed by atoms with Crippen LogP contribution in [0.5, 0.6) is 5.75 Å². The lowest BCUT2D eigenvalue weighted by Gasteiger charge is -2.14.